The Morgan fingerprint density at radius 2 is 1.74 bits per heavy atom. The summed E-state index contributed by atoms with van der Waals surface area (Å²) < 4.78 is 0. The number of amides is 1. The first kappa shape index (κ1) is 24.3. The number of carboxylic acids is 1. The molecule has 1 aromatic carbocycles. The van der Waals surface area contributed by atoms with Gasteiger partial charge in [0.2, 0.25) is 5.91 Å². The first-order valence-corrected chi connectivity index (χ1v) is 13.5. The predicted molar refractivity (Wildman–Crippen MR) is 139 cm³/mol. The second kappa shape index (κ2) is 8.35. The fourth-order valence-electron chi connectivity index (χ4n) is 8.36. The smallest absolute Gasteiger partial charge is 0.331 e. The Hall–Kier alpha value is -2.36. The summed E-state index contributed by atoms with van der Waals surface area (Å²) in [6, 6.07) is 8.48. The van der Waals surface area contributed by atoms with E-state index in [4.69, 9.17) is 0 Å². The van der Waals surface area contributed by atoms with Gasteiger partial charge in [-0.25, -0.2) is 4.79 Å². The first-order chi connectivity index (χ1) is 16.5. The third-order valence-corrected chi connectivity index (χ3v) is 10.6. The van der Waals surface area contributed by atoms with Gasteiger partial charge in [-0.2, -0.15) is 0 Å². The lowest BCUT2D eigenvalue weighted by molar-refractivity contribution is -0.133. The van der Waals surface area contributed by atoms with E-state index in [1.807, 2.05) is 6.08 Å². The molecule has 4 aliphatic rings. The second-order valence-corrected chi connectivity index (χ2v) is 12.8. The van der Waals surface area contributed by atoms with Crippen LogP contribution in [0.5, 0.6) is 0 Å². The molecule has 6 atom stereocenters. The van der Waals surface area contributed by atoms with Gasteiger partial charge in [-0.15, -0.1) is 0 Å². The number of rotatable bonds is 4. The van der Waals surface area contributed by atoms with Crippen molar-refractivity contribution in [2.24, 2.45) is 34.5 Å². The molecule has 0 aromatic heterocycles. The van der Waals surface area contributed by atoms with Crippen molar-refractivity contribution in [3.8, 4) is 0 Å². The molecule has 0 bridgehead atoms. The van der Waals surface area contributed by atoms with E-state index in [-0.39, 0.29) is 22.7 Å². The average molecular weight is 476 g/mol. The maximum atomic E-state index is 13.7. The molecule has 188 valence electrons. The van der Waals surface area contributed by atoms with E-state index in [1.165, 1.54) is 11.1 Å². The van der Waals surface area contributed by atoms with Crippen LogP contribution in [0.15, 0.2) is 47.6 Å². The molecule has 0 unspecified atom stereocenters. The molecule has 35 heavy (non-hydrogen) atoms. The Kier molecular flexibility index (Phi) is 5.81. The molecule has 2 saturated carbocycles. The molecule has 2 N–H and O–H groups in total. The Morgan fingerprint density at radius 3 is 2.43 bits per heavy atom. The molecule has 5 rings (SSSR count). The van der Waals surface area contributed by atoms with Gasteiger partial charge in [-0.05, 0) is 112 Å². The molecule has 0 spiro atoms. The van der Waals surface area contributed by atoms with Crippen LogP contribution in [0.2, 0.25) is 0 Å². The number of aryl methyl sites for hydroxylation is 1. The van der Waals surface area contributed by atoms with E-state index in [1.54, 1.807) is 0 Å². The zero-order valence-electron chi connectivity index (χ0n) is 22.0. The summed E-state index contributed by atoms with van der Waals surface area (Å²) in [5.74, 6) is 1.22. The second-order valence-electron chi connectivity index (χ2n) is 12.8. The quantitative estimate of drug-likeness (QED) is 0.519. The fourth-order valence-corrected chi connectivity index (χ4v) is 8.36. The molecule has 0 saturated heterocycles. The lowest BCUT2D eigenvalue weighted by atomic mass is 9.48. The largest absolute Gasteiger partial charge is 0.478 e. The summed E-state index contributed by atoms with van der Waals surface area (Å²) in [5.41, 5.74) is 3.88. The number of allylic oxidation sites excluding steroid dienone is 3. The number of hydrogen-bond acceptors (Lipinski definition) is 2. The van der Waals surface area contributed by atoms with Crippen molar-refractivity contribution in [1.29, 1.82) is 0 Å². The summed E-state index contributed by atoms with van der Waals surface area (Å²) in [4.78, 5) is 25.3. The fraction of sp³-hybridized carbons (Fsp3) is 0.613. The van der Waals surface area contributed by atoms with Crippen LogP contribution in [0.4, 0.5) is 0 Å². The van der Waals surface area contributed by atoms with Gasteiger partial charge in [-0.3, -0.25) is 4.79 Å². The van der Waals surface area contributed by atoms with Crippen molar-refractivity contribution in [3.05, 3.63) is 58.7 Å². The predicted octanol–water partition coefficient (Wildman–Crippen LogP) is 6.55. The molecule has 2 fully saturated rings. The zero-order valence-corrected chi connectivity index (χ0v) is 22.0. The van der Waals surface area contributed by atoms with Crippen LogP contribution in [0, 0.1) is 41.4 Å². The van der Waals surface area contributed by atoms with Crippen molar-refractivity contribution in [2.45, 2.75) is 85.1 Å². The number of aliphatic carboxylic acids is 1. The van der Waals surface area contributed by atoms with Gasteiger partial charge in [0.25, 0.3) is 0 Å². The molecule has 4 nitrogen and oxygen atoms in total. The van der Waals surface area contributed by atoms with Crippen molar-refractivity contribution in [2.75, 3.05) is 0 Å². The molecule has 0 aliphatic heterocycles. The van der Waals surface area contributed by atoms with E-state index < -0.39 is 11.5 Å². The standard InChI is InChI=1S/C31H41NO3/c1-19-6-8-21(9-7-19)29(2,3)32-27(33)26-13-12-24-23-11-10-22-18-20(28(34)35)14-16-30(22,4)25(23)15-17-31(24,26)5/h6-10,18,23-26H,11-17H2,1-5H3,(H,32,33)(H,34,35)/t23-,24-,25-,26+,30-,31-/m0/s1. The molecule has 4 heteroatoms. The van der Waals surface area contributed by atoms with Gasteiger partial charge >= 0.3 is 5.97 Å². The number of benzene rings is 1. The molecule has 0 radical (unpaired) electrons. The number of hydrogen-bond donors (Lipinski definition) is 2. The lowest BCUT2D eigenvalue weighted by Gasteiger charge is -2.57. The van der Waals surface area contributed by atoms with E-state index in [2.05, 4.69) is 70.3 Å². The van der Waals surface area contributed by atoms with E-state index >= 15 is 0 Å². The minimum atomic E-state index is -0.774. The first-order valence-electron chi connectivity index (χ1n) is 13.5. The maximum absolute atomic E-state index is 13.7. The maximum Gasteiger partial charge on any atom is 0.331 e. The van der Waals surface area contributed by atoms with Crippen LogP contribution in [-0.4, -0.2) is 17.0 Å². The number of carbonyl (C=O) groups is 2. The summed E-state index contributed by atoms with van der Waals surface area (Å²) in [6.07, 6.45) is 11.2. The average Bonchev–Trinajstić information content (AvgIpc) is 3.15. The van der Waals surface area contributed by atoms with Crippen LogP contribution in [0.3, 0.4) is 0 Å². The Balaban J connectivity index is 1.36. The number of carbonyl (C=O) groups excluding carboxylic acids is 1. The van der Waals surface area contributed by atoms with E-state index in [0.717, 1.165) is 44.1 Å². The van der Waals surface area contributed by atoms with Gasteiger partial charge < -0.3 is 10.4 Å². The van der Waals surface area contributed by atoms with Gasteiger partial charge in [0.05, 0.1) is 5.54 Å². The SMILES string of the molecule is Cc1ccc(C(C)(C)NC(=O)[C@H]2CC[C@H]3[C@@H]4CC=C5C=C(C(=O)O)CC[C@]5(C)[C@H]4CC[C@]23C)cc1. The number of carboxylic acid groups (broad SMARTS) is 1. The monoisotopic (exact) mass is 475 g/mol. The Morgan fingerprint density at radius 1 is 1.03 bits per heavy atom. The highest BCUT2D eigenvalue weighted by molar-refractivity contribution is 5.87. The summed E-state index contributed by atoms with van der Waals surface area (Å²) in [6.45, 7) is 11.1. The Labute approximate surface area is 210 Å². The minimum Gasteiger partial charge on any atom is -0.478 e. The molecular formula is C31H41NO3. The highest BCUT2D eigenvalue weighted by Gasteiger charge is 2.59. The van der Waals surface area contributed by atoms with Crippen LogP contribution in [0.1, 0.15) is 83.8 Å². The van der Waals surface area contributed by atoms with Crippen molar-refractivity contribution >= 4 is 11.9 Å². The van der Waals surface area contributed by atoms with Crippen LogP contribution in [0.25, 0.3) is 0 Å². The van der Waals surface area contributed by atoms with Crippen molar-refractivity contribution < 1.29 is 14.7 Å². The molecule has 1 aromatic rings. The van der Waals surface area contributed by atoms with E-state index in [0.29, 0.717) is 29.7 Å². The highest BCUT2D eigenvalue weighted by Crippen LogP contribution is 2.66. The summed E-state index contributed by atoms with van der Waals surface area (Å²) in [7, 11) is 0. The van der Waals surface area contributed by atoms with Crippen molar-refractivity contribution in [3.63, 3.8) is 0 Å². The molecule has 0 heterocycles. The third kappa shape index (κ3) is 3.88. The van der Waals surface area contributed by atoms with Gasteiger partial charge in [0.1, 0.15) is 0 Å². The minimum absolute atomic E-state index is 0.0348. The lowest BCUT2D eigenvalue weighted by Crippen LogP contribution is -2.52. The Bertz CT molecular complexity index is 1100. The molecule has 1 amide bonds. The van der Waals surface area contributed by atoms with E-state index in [9.17, 15) is 14.7 Å². The van der Waals surface area contributed by atoms with Gasteiger partial charge in [0, 0.05) is 11.5 Å². The topological polar surface area (TPSA) is 66.4 Å². The van der Waals surface area contributed by atoms with Crippen LogP contribution < -0.4 is 5.32 Å². The van der Waals surface area contributed by atoms with Crippen LogP contribution >= 0.6 is 0 Å². The third-order valence-electron chi connectivity index (χ3n) is 10.6. The van der Waals surface area contributed by atoms with Crippen LogP contribution in [-0.2, 0) is 15.1 Å². The zero-order chi connectivity index (χ0) is 25.2. The highest BCUT2D eigenvalue weighted by atomic mass is 16.4. The van der Waals surface area contributed by atoms with Crippen molar-refractivity contribution in [1.82, 2.24) is 5.32 Å². The van der Waals surface area contributed by atoms with Gasteiger partial charge in [-0.1, -0.05) is 49.8 Å². The molecular weight excluding hydrogens is 434 g/mol. The normalized spacial score (nSPS) is 36.3. The van der Waals surface area contributed by atoms with Gasteiger partial charge in [0.15, 0.2) is 0 Å². The number of nitrogens with one attached hydrogen (secondary N) is 1. The summed E-state index contributed by atoms with van der Waals surface area (Å²) >= 11 is 0. The number of fused-ring (bicyclic) bond motifs is 5. The molecule has 4 aliphatic carbocycles. The summed E-state index contributed by atoms with van der Waals surface area (Å²) in [5, 5.41) is 12.9.